The van der Waals surface area contributed by atoms with Crippen molar-refractivity contribution in [1.82, 2.24) is 9.80 Å². The quantitative estimate of drug-likeness (QED) is 0.845. The molecule has 0 bridgehead atoms. The molecule has 5 heteroatoms. The minimum Gasteiger partial charge on any atom is -0.326 e. The van der Waals surface area contributed by atoms with Crippen molar-refractivity contribution in [2.24, 2.45) is 5.73 Å². The highest BCUT2D eigenvalue weighted by Gasteiger charge is 2.29. The smallest absolute Gasteiger partial charge is 0.0594 e. The van der Waals surface area contributed by atoms with Gasteiger partial charge in [0.15, 0.2) is 0 Å². The van der Waals surface area contributed by atoms with Crippen LogP contribution < -0.4 is 5.73 Å². The highest BCUT2D eigenvalue weighted by atomic mass is 79.9. The Bertz CT molecular complexity index is 402. The second-order valence-electron chi connectivity index (χ2n) is 5.56. The number of hydrogen-bond donors (Lipinski definition) is 1. The molecule has 1 saturated heterocycles. The van der Waals surface area contributed by atoms with Gasteiger partial charge in [-0.3, -0.25) is 4.90 Å². The first-order chi connectivity index (χ1) is 9.65. The Morgan fingerprint density at radius 2 is 2.00 bits per heavy atom. The molecule has 1 aliphatic rings. The largest absolute Gasteiger partial charge is 0.326 e. The topological polar surface area (TPSA) is 32.5 Å². The molecule has 0 aliphatic carbocycles. The molecule has 0 spiro atoms. The van der Waals surface area contributed by atoms with Gasteiger partial charge in [-0.2, -0.15) is 0 Å². The van der Waals surface area contributed by atoms with Gasteiger partial charge in [0, 0.05) is 47.0 Å². The van der Waals surface area contributed by atoms with E-state index in [0.717, 1.165) is 19.5 Å². The second-order valence-corrected chi connectivity index (χ2v) is 7.42. The average Bonchev–Trinajstić information content (AvgIpc) is 2.87. The third kappa shape index (κ3) is 4.04. The lowest BCUT2D eigenvalue weighted by Crippen LogP contribution is -2.51. The Morgan fingerprint density at radius 3 is 2.50 bits per heavy atom. The third-order valence-electron chi connectivity index (χ3n) is 4.10. The van der Waals surface area contributed by atoms with Crippen molar-refractivity contribution in [2.45, 2.75) is 38.8 Å². The summed E-state index contributed by atoms with van der Waals surface area (Å²) in [6.07, 6.45) is 2.27. The SMILES string of the molecule is CCCN1CCN(C(c2cc(Br)cs2)C(N)CC)CC1. The van der Waals surface area contributed by atoms with Gasteiger partial charge in [-0.05, 0) is 41.4 Å². The van der Waals surface area contributed by atoms with Gasteiger partial charge in [-0.25, -0.2) is 0 Å². The molecule has 1 aromatic rings. The molecule has 2 heterocycles. The molecule has 0 radical (unpaired) electrons. The van der Waals surface area contributed by atoms with E-state index in [9.17, 15) is 0 Å². The van der Waals surface area contributed by atoms with Gasteiger partial charge in [-0.15, -0.1) is 11.3 Å². The number of piperazine rings is 1. The maximum Gasteiger partial charge on any atom is 0.0594 e. The molecule has 2 rings (SSSR count). The Kier molecular flexibility index (Phi) is 6.49. The lowest BCUT2D eigenvalue weighted by molar-refractivity contribution is 0.0851. The van der Waals surface area contributed by atoms with Gasteiger partial charge in [0.05, 0.1) is 6.04 Å². The summed E-state index contributed by atoms with van der Waals surface area (Å²) < 4.78 is 1.18. The summed E-state index contributed by atoms with van der Waals surface area (Å²) in [5.74, 6) is 0. The van der Waals surface area contributed by atoms with Crippen LogP contribution in [0.25, 0.3) is 0 Å². The molecule has 1 aromatic heterocycles. The fraction of sp³-hybridized carbons (Fsp3) is 0.733. The molecule has 0 saturated carbocycles. The molecule has 0 aromatic carbocycles. The number of rotatable bonds is 6. The highest BCUT2D eigenvalue weighted by molar-refractivity contribution is 9.10. The monoisotopic (exact) mass is 359 g/mol. The Labute approximate surface area is 135 Å². The minimum absolute atomic E-state index is 0.221. The first-order valence-electron chi connectivity index (χ1n) is 7.61. The zero-order valence-electron chi connectivity index (χ0n) is 12.5. The van der Waals surface area contributed by atoms with Crippen LogP contribution in [0.3, 0.4) is 0 Å². The lowest BCUT2D eigenvalue weighted by Gasteiger charge is -2.41. The normalized spacial score (nSPS) is 21.0. The molecule has 2 atom stereocenters. The lowest BCUT2D eigenvalue weighted by atomic mass is 10.0. The molecule has 2 unspecified atom stereocenters. The number of thiophene rings is 1. The predicted molar refractivity (Wildman–Crippen MR) is 91.3 cm³/mol. The number of halogens is 1. The molecule has 0 amide bonds. The molecular weight excluding hydrogens is 334 g/mol. The van der Waals surface area contributed by atoms with Crippen LogP contribution in [0.2, 0.25) is 0 Å². The van der Waals surface area contributed by atoms with Crippen LogP contribution in [-0.4, -0.2) is 48.6 Å². The first kappa shape index (κ1) is 16.4. The van der Waals surface area contributed by atoms with Crippen LogP contribution in [0.1, 0.15) is 37.6 Å². The van der Waals surface area contributed by atoms with Gasteiger partial charge in [0.2, 0.25) is 0 Å². The Balaban J connectivity index is 2.05. The minimum atomic E-state index is 0.221. The Hall–Kier alpha value is 0.0600. The van der Waals surface area contributed by atoms with Gasteiger partial charge < -0.3 is 10.6 Å². The van der Waals surface area contributed by atoms with E-state index < -0.39 is 0 Å². The number of hydrogen-bond acceptors (Lipinski definition) is 4. The van der Waals surface area contributed by atoms with Crippen LogP contribution in [-0.2, 0) is 0 Å². The van der Waals surface area contributed by atoms with Gasteiger partial charge >= 0.3 is 0 Å². The van der Waals surface area contributed by atoms with Crippen molar-refractivity contribution < 1.29 is 0 Å². The van der Waals surface area contributed by atoms with Crippen molar-refractivity contribution in [3.8, 4) is 0 Å². The van der Waals surface area contributed by atoms with Crippen molar-refractivity contribution in [3.63, 3.8) is 0 Å². The summed E-state index contributed by atoms with van der Waals surface area (Å²) in [6.45, 7) is 10.3. The summed E-state index contributed by atoms with van der Waals surface area (Å²) in [6, 6.07) is 2.84. The summed E-state index contributed by atoms with van der Waals surface area (Å²) in [5, 5.41) is 2.16. The molecule has 3 nitrogen and oxygen atoms in total. The fourth-order valence-electron chi connectivity index (χ4n) is 2.95. The molecule has 20 heavy (non-hydrogen) atoms. The van der Waals surface area contributed by atoms with Crippen LogP contribution in [0, 0.1) is 0 Å². The van der Waals surface area contributed by atoms with E-state index in [0.29, 0.717) is 6.04 Å². The molecule has 2 N–H and O–H groups in total. The summed E-state index contributed by atoms with van der Waals surface area (Å²) >= 11 is 5.39. The zero-order chi connectivity index (χ0) is 14.5. The van der Waals surface area contributed by atoms with Crippen molar-refractivity contribution in [2.75, 3.05) is 32.7 Å². The summed E-state index contributed by atoms with van der Waals surface area (Å²) in [4.78, 5) is 6.55. The van der Waals surface area contributed by atoms with Gasteiger partial charge in [0.25, 0.3) is 0 Å². The summed E-state index contributed by atoms with van der Waals surface area (Å²) in [5.41, 5.74) is 6.42. The van der Waals surface area contributed by atoms with E-state index in [4.69, 9.17) is 5.73 Å². The predicted octanol–water partition coefficient (Wildman–Crippen LogP) is 3.32. The van der Waals surface area contributed by atoms with Crippen LogP contribution >= 0.6 is 27.3 Å². The maximum absolute atomic E-state index is 6.42. The molecule has 1 aliphatic heterocycles. The van der Waals surface area contributed by atoms with Crippen LogP contribution in [0.5, 0.6) is 0 Å². The van der Waals surface area contributed by atoms with Crippen molar-refractivity contribution in [1.29, 1.82) is 0 Å². The Morgan fingerprint density at radius 1 is 1.30 bits per heavy atom. The van der Waals surface area contributed by atoms with Crippen LogP contribution in [0.4, 0.5) is 0 Å². The van der Waals surface area contributed by atoms with Gasteiger partial charge in [0.1, 0.15) is 0 Å². The highest BCUT2D eigenvalue weighted by Crippen LogP contribution is 2.32. The van der Waals surface area contributed by atoms with E-state index in [1.165, 1.54) is 35.4 Å². The molecule has 114 valence electrons. The number of nitrogens with zero attached hydrogens (tertiary/aromatic N) is 2. The van der Waals surface area contributed by atoms with E-state index >= 15 is 0 Å². The maximum atomic E-state index is 6.42. The van der Waals surface area contributed by atoms with E-state index in [1.54, 1.807) is 0 Å². The average molecular weight is 360 g/mol. The molecule has 1 fully saturated rings. The van der Waals surface area contributed by atoms with Crippen LogP contribution in [0.15, 0.2) is 15.9 Å². The second kappa shape index (κ2) is 7.90. The van der Waals surface area contributed by atoms with E-state index in [2.05, 4.69) is 51.0 Å². The van der Waals surface area contributed by atoms with E-state index in [-0.39, 0.29) is 6.04 Å². The zero-order valence-corrected chi connectivity index (χ0v) is 14.9. The van der Waals surface area contributed by atoms with Crippen molar-refractivity contribution >= 4 is 27.3 Å². The molecular formula is C15H26BrN3S. The first-order valence-corrected chi connectivity index (χ1v) is 9.28. The standard InChI is InChI=1S/C15H26BrN3S/c1-3-5-18-6-8-19(9-7-18)15(13(17)4-2)14-10-12(16)11-20-14/h10-11,13,15H,3-9,17H2,1-2H3. The number of nitrogens with two attached hydrogens (primary N) is 1. The van der Waals surface area contributed by atoms with Gasteiger partial charge in [-0.1, -0.05) is 13.8 Å². The third-order valence-corrected chi connectivity index (χ3v) is 5.86. The van der Waals surface area contributed by atoms with E-state index in [1.807, 2.05) is 11.3 Å². The van der Waals surface area contributed by atoms with Crippen molar-refractivity contribution in [3.05, 3.63) is 20.8 Å². The summed E-state index contributed by atoms with van der Waals surface area (Å²) in [7, 11) is 0. The fourth-order valence-corrected chi connectivity index (χ4v) is 4.60.